The van der Waals surface area contributed by atoms with Gasteiger partial charge in [0.2, 0.25) is 0 Å². The summed E-state index contributed by atoms with van der Waals surface area (Å²) in [4.78, 5) is 23.7. The average molecular weight is 329 g/mol. The molecule has 1 atom stereocenters. The second kappa shape index (κ2) is 8.36. The molecule has 7 heteroatoms. The Kier molecular flexibility index (Phi) is 6.81. The van der Waals surface area contributed by atoms with Gasteiger partial charge in [-0.1, -0.05) is 6.08 Å². The number of allylic oxidation sites excluding steroid dienone is 1. The third kappa shape index (κ3) is 5.77. The van der Waals surface area contributed by atoms with Crippen LogP contribution in [0.3, 0.4) is 0 Å². The van der Waals surface area contributed by atoms with E-state index in [1.165, 1.54) is 7.11 Å². The van der Waals surface area contributed by atoms with Crippen molar-refractivity contribution in [1.82, 2.24) is 5.32 Å². The van der Waals surface area contributed by atoms with E-state index in [2.05, 4.69) is 16.6 Å². The summed E-state index contributed by atoms with van der Waals surface area (Å²) in [5.74, 6) is -1.23. The van der Waals surface area contributed by atoms with E-state index in [-0.39, 0.29) is 5.56 Å². The SMILES string of the molecule is C=CCCC[C@@H](NC(=O)c1ccc(C(F)(F)F)cc1)C(=O)OC. The maximum atomic E-state index is 12.5. The first kappa shape index (κ1) is 18.7. The van der Waals surface area contributed by atoms with Crippen molar-refractivity contribution < 1.29 is 27.5 Å². The van der Waals surface area contributed by atoms with Gasteiger partial charge in [-0.3, -0.25) is 4.79 Å². The fourth-order valence-corrected chi connectivity index (χ4v) is 1.91. The van der Waals surface area contributed by atoms with Crippen molar-refractivity contribution in [2.75, 3.05) is 7.11 Å². The lowest BCUT2D eigenvalue weighted by molar-refractivity contribution is -0.143. The number of alkyl halides is 3. The van der Waals surface area contributed by atoms with Crippen LogP contribution in [-0.4, -0.2) is 25.0 Å². The van der Waals surface area contributed by atoms with E-state index in [0.717, 1.165) is 24.3 Å². The molecule has 1 aromatic rings. The summed E-state index contributed by atoms with van der Waals surface area (Å²) < 4.78 is 42.1. The number of hydrogen-bond acceptors (Lipinski definition) is 3. The number of unbranched alkanes of at least 4 members (excludes halogenated alkanes) is 1. The first-order valence-electron chi connectivity index (χ1n) is 6.96. The molecule has 0 spiro atoms. The minimum atomic E-state index is -4.46. The van der Waals surface area contributed by atoms with Crippen LogP contribution < -0.4 is 5.32 Å². The lowest BCUT2D eigenvalue weighted by atomic mass is 10.1. The number of esters is 1. The highest BCUT2D eigenvalue weighted by atomic mass is 19.4. The molecule has 1 aromatic carbocycles. The monoisotopic (exact) mass is 329 g/mol. The van der Waals surface area contributed by atoms with Gasteiger partial charge in [-0.25, -0.2) is 4.79 Å². The molecule has 1 amide bonds. The zero-order valence-electron chi connectivity index (χ0n) is 12.7. The number of methoxy groups -OCH3 is 1. The van der Waals surface area contributed by atoms with E-state index in [4.69, 9.17) is 0 Å². The van der Waals surface area contributed by atoms with Gasteiger partial charge in [0.15, 0.2) is 0 Å². The Labute approximate surface area is 132 Å². The van der Waals surface area contributed by atoms with Gasteiger partial charge >= 0.3 is 12.1 Å². The van der Waals surface area contributed by atoms with Crippen LogP contribution in [0.2, 0.25) is 0 Å². The van der Waals surface area contributed by atoms with Crippen molar-refractivity contribution in [3.05, 3.63) is 48.0 Å². The summed E-state index contributed by atoms with van der Waals surface area (Å²) in [6, 6.07) is 2.92. The van der Waals surface area contributed by atoms with Crippen molar-refractivity contribution >= 4 is 11.9 Å². The largest absolute Gasteiger partial charge is 0.467 e. The predicted octanol–water partition coefficient (Wildman–Crippen LogP) is 3.33. The first-order valence-corrected chi connectivity index (χ1v) is 6.96. The zero-order valence-corrected chi connectivity index (χ0v) is 12.7. The molecule has 0 aliphatic heterocycles. The van der Waals surface area contributed by atoms with Crippen LogP contribution in [0.5, 0.6) is 0 Å². The standard InChI is InChI=1S/C16H18F3NO3/c1-3-4-5-6-13(15(22)23-2)20-14(21)11-7-9-12(10-8-11)16(17,18)19/h3,7-10,13H,1,4-6H2,2H3,(H,20,21)/t13-/m1/s1. The molecule has 126 valence electrons. The van der Waals surface area contributed by atoms with E-state index < -0.39 is 29.7 Å². The number of hydrogen-bond donors (Lipinski definition) is 1. The van der Waals surface area contributed by atoms with Crippen LogP contribution in [0.15, 0.2) is 36.9 Å². The van der Waals surface area contributed by atoms with Crippen molar-refractivity contribution in [2.45, 2.75) is 31.5 Å². The molecule has 0 saturated heterocycles. The Hall–Kier alpha value is -2.31. The highest BCUT2D eigenvalue weighted by molar-refractivity contribution is 5.96. The zero-order chi connectivity index (χ0) is 17.5. The highest BCUT2D eigenvalue weighted by Crippen LogP contribution is 2.29. The van der Waals surface area contributed by atoms with Gasteiger partial charge in [0, 0.05) is 5.56 Å². The molecule has 0 unspecified atom stereocenters. The first-order chi connectivity index (χ1) is 10.8. The van der Waals surface area contributed by atoms with E-state index in [9.17, 15) is 22.8 Å². The van der Waals surface area contributed by atoms with Crippen molar-refractivity contribution in [3.8, 4) is 0 Å². The maximum Gasteiger partial charge on any atom is 0.416 e. The van der Waals surface area contributed by atoms with Crippen LogP contribution in [0.25, 0.3) is 0 Å². The number of nitrogens with one attached hydrogen (secondary N) is 1. The number of benzene rings is 1. The van der Waals surface area contributed by atoms with Crippen molar-refractivity contribution in [1.29, 1.82) is 0 Å². The molecule has 1 N–H and O–H groups in total. The Morgan fingerprint density at radius 1 is 1.30 bits per heavy atom. The third-order valence-electron chi connectivity index (χ3n) is 3.17. The Morgan fingerprint density at radius 3 is 2.39 bits per heavy atom. The fraction of sp³-hybridized carbons (Fsp3) is 0.375. The minimum absolute atomic E-state index is 0.0376. The molecule has 23 heavy (non-hydrogen) atoms. The summed E-state index contributed by atoms with van der Waals surface area (Å²) >= 11 is 0. The number of ether oxygens (including phenoxy) is 1. The number of carbonyl (C=O) groups excluding carboxylic acids is 2. The van der Waals surface area contributed by atoms with Crippen LogP contribution >= 0.6 is 0 Å². The summed E-state index contributed by atoms with van der Waals surface area (Å²) in [5, 5.41) is 2.47. The summed E-state index contributed by atoms with van der Waals surface area (Å²) in [6.07, 6.45) is -1.13. The number of rotatable bonds is 7. The molecule has 0 radical (unpaired) electrons. The lowest BCUT2D eigenvalue weighted by Crippen LogP contribution is -2.41. The molecule has 4 nitrogen and oxygen atoms in total. The van der Waals surface area contributed by atoms with Crippen LogP contribution in [0.4, 0.5) is 13.2 Å². The average Bonchev–Trinajstić information content (AvgIpc) is 2.52. The summed E-state index contributed by atoms with van der Waals surface area (Å²) in [6.45, 7) is 3.56. The molecule has 0 bridgehead atoms. The Bertz CT molecular complexity index is 553. The minimum Gasteiger partial charge on any atom is -0.467 e. The van der Waals surface area contributed by atoms with Gasteiger partial charge in [0.25, 0.3) is 5.91 Å². The van der Waals surface area contributed by atoms with Crippen LogP contribution in [0, 0.1) is 0 Å². The molecular weight excluding hydrogens is 311 g/mol. The second-order valence-corrected chi connectivity index (χ2v) is 4.84. The van der Waals surface area contributed by atoms with E-state index in [1.54, 1.807) is 6.08 Å². The predicted molar refractivity (Wildman–Crippen MR) is 78.8 cm³/mol. The number of halogens is 3. The van der Waals surface area contributed by atoms with Gasteiger partial charge in [0.1, 0.15) is 6.04 Å². The molecule has 0 heterocycles. The van der Waals surface area contributed by atoms with E-state index in [0.29, 0.717) is 19.3 Å². The third-order valence-corrected chi connectivity index (χ3v) is 3.17. The van der Waals surface area contributed by atoms with Crippen molar-refractivity contribution in [3.63, 3.8) is 0 Å². The summed E-state index contributed by atoms with van der Waals surface area (Å²) in [5.41, 5.74) is -0.805. The molecular formula is C16H18F3NO3. The molecule has 0 saturated carbocycles. The summed E-state index contributed by atoms with van der Waals surface area (Å²) in [7, 11) is 1.20. The van der Waals surface area contributed by atoms with Crippen LogP contribution in [-0.2, 0) is 15.7 Å². The molecule has 0 aliphatic carbocycles. The Morgan fingerprint density at radius 2 is 1.91 bits per heavy atom. The topological polar surface area (TPSA) is 55.4 Å². The Balaban J connectivity index is 2.77. The normalized spacial score (nSPS) is 12.3. The lowest BCUT2D eigenvalue weighted by Gasteiger charge is -2.16. The number of amides is 1. The van der Waals surface area contributed by atoms with Gasteiger partial charge in [-0.15, -0.1) is 6.58 Å². The number of carbonyl (C=O) groups is 2. The van der Waals surface area contributed by atoms with Gasteiger partial charge in [0.05, 0.1) is 12.7 Å². The second-order valence-electron chi connectivity index (χ2n) is 4.84. The van der Waals surface area contributed by atoms with E-state index in [1.807, 2.05) is 0 Å². The maximum absolute atomic E-state index is 12.5. The molecule has 1 rings (SSSR count). The van der Waals surface area contributed by atoms with Crippen LogP contribution in [0.1, 0.15) is 35.2 Å². The molecule has 0 aromatic heterocycles. The van der Waals surface area contributed by atoms with E-state index >= 15 is 0 Å². The molecule has 0 aliphatic rings. The van der Waals surface area contributed by atoms with Crippen molar-refractivity contribution in [2.24, 2.45) is 0 Å². The van der Waals surface area contributed by atoms with Gasteiger partial charge in [-0.2, -0.15) is 13.2 Å². The highest BCUT2D eigenvalue weighted by Gasteiger charge is 2.30. The van der Waals surface area contributed by atoms with Gasteiger partial charge in [-0.05, 0) is 43.5 Å². The fourth-order valence-electron chi connectivity index (χ4n) is 1.91. The van der Waals surface area contributed by atoms with Gasteiger partial charge < -0.3 is 10.1 Å². The smallest absolute Gasteiger partial charge is 0.416 e. The molecule has 0 fully saturated rings. The quantitative estimate of drug-likeness (QED) is 0.474.